The molecule has 6 nitrogen and oxygen atoms in total. The van der Waals surface area contributed by atoms with Gasteiger partial charge in [0, 0.05) is 13.1 Å². The van der Waals surface area contributed by atoms with Gasteiger partial charge in [-0.15, -0.1) is 0 Å². The van der Waals surface area contributed by atoms with Crippen LogP contribution in [-0.4, -0.2) is 21.5 Å². The summed E-state index contributed by atoms with van der Waals surface area (Å²) in [6, 6.07) is 5.20. The van der Waals surface area contributed by atoms with Crippen LogP contribution in [0.5, 0.6) is 0 Å². The predicted molar refractivity (Wildman–Crippen MR) is 102 cm³/mol. The van der Waals surface area contributed by atoms with Crippen LogP contribution in [0.4, 0.5) is 0 Å². The summed E-state index contributed by atoms with van der Waals surface area (Å²) in [5.41, 5.74) is -0.313. The van der Waals surface area contributed by atoms with E-state index in [2.05, 4.69) is 26.2 Å². The van der Waals surface area contributed by atoms with E-state index in [9.17, 15) is 14.4 Å². The highest BCUT2D eigenvalue weighted by molar-refractivity contribution is 9.10. The molecule has 1 amide bonds. The normalized spacial score (nSPS) is 12.0. The Morgan fingerprint density at radius 1 is 1.32 bits per heavy atom. The first-order chi connectivity index (χ1) is 11.7. The third-order valence-corrected chi connectivity index (χ3v) is 5.18. The molecule has 0 unspecified atom stereocenters. The van der Waals surface area contributed by atoms with E-state index >= 15 is 0 Å². The molecule has 0 saturated heterocycles. The van der Waals surface area contributed by atoms with Crippen LogP contribution in [0.3, 0.4) is 0 Å². The van der Waals surface area contributed by atoms with Crippen LogP contribution in [-0.2, 0) is 13.5 Å². The van der Waals surface area contributed by atoms with E-state index in [0.717, 1.165) is 10.1 Å². The maximum Gasteiger partial charge on any atom is 0.328 e. The zero-order chi connectivity index (χ0) is 18.7. The van der Waals surface area contributed by atoms with Crippen LogP contribution < -0.4 is 16.6 Å². The zero-order valence-electron chi connectivity index (χ0n) is 13.5. The average molecular weight is 449 g/mol. The number of nitrogens with one attached hydrogen (secondary N) is 2. The van der Waals surface area contributed by atoms with Crippen molar-refractivity contribution in [3.63, 3.8) is 0 Å². The fraction of sp³-hybridized carbons (Fsp3) is 0.312. The van der Waals surface area contributed by atoms with Crippen molar-refractivity contribution in [1.29, 1.82) is 0 Å². The number of halogens is 3. The van der Waals surface area contributed by atoms with Crippen LogP contribution in [0, 0.1) is 0 Å². The summed E-state index contributed by atoms with van der Waals surface area (Å²) < 4.78 is 0.901. The maximum absolute atomic E-state index is 12.3. The molecule has 0 fully saturated rings. The molecule has 9 heteroatoms. The van der Waals surface area contributed by atoms with Crippen LogP contribution >= 0.6 is 39.1 Å². The van der Waals surface area contributed by atoms with Crippen LogP contribution in [0.15, 0.2) is 32.3 Å². The Bertz CT molecular complexity index is 924. The highest BCUT2D eigenvalue weighted by atomic mass is 79.9. The number of aromatic nitrogens is 2. The first kappa shape index (κ1) is 19.8. The van der Waals surface area contributed by atoms with E-state index in [1.54, 1.807) is 12.1 Å². The molecule has 0 spiro atoms. The van der Waals surface area contributed by atoms with Gasteiger partial charge in [-0.2, -0.15) is 0 Å². The Labute approximate surface area is 162 Å². The first-order valence-corrected chi connectivity index (χ1v) is 8.99. The number of carbonyl (C=O) groups is 1. The molecule has 0 aliphatic carbocycles. The van der Waals surface area contributed by atoms with Crippen LogP contribution in [0.2, 0.25) is 10.0 Å². The lowest BCUT2D eigenvalue weighted by Gasteiger charge is -2.14. The van der Waals surface area contributed by atoms with Gasteiger partial charge in [-0.05, 0) is 53.4 Å². The monoisotopic (exact) mass is 447 g/mol. The Kier molecular flexibility index (Phi) is 6.48. The highest BCUT2D eigenvalue weighted by Gasteiger charge is 2.18. The molecule has 1 heterocycles. The standard InChI is InChI=1S/C16H16BrCl2N3O3/c1-8(3-4-9-5-6-10(18)11(19)7-9)20-14(23)13-12(17)15(24)22(2)16(25)21-13/h5-8H,3-4H2,1-2H3,(H,20,23)(H,21,25)/t8-/m1/s1. The molecule has 1 aromatic heterocycles. The minimum Gasteiger partial charge on any atom is -0.348 e. The second-order valence-corrected chi connectivity index (χ2v) is 7.25. The maximum atomic E-state index is 12.3. The lowest BCUT2D eigenvalue weighted by Crippen LogP contribution is -2.40. The molecular weight excluding hydrogens is 433 g/mol. The molecule has 0 bridgehead atoms. The van der Waals surface area contributed by atoms with Crippen LogP contribution in [0.1, 0.15) is 29.4 Å². The molecule has 0 aliphatic heterocycles. The minimum absolute atomic E-state index is 0.0174. The number of benzene rings is 1. The number of rotatable bonds is 5. The minimum atomic E-state index is -0.651. The number of carbonyl (C=O) groups excluding carboxylic acids is 1. The van der Waals surface area contributed by atoms with E-state index in [4.69, 9.17) is 23.2 Å². The van der Waals surface area contributed by atoms with Gasteiger partial charge in [-0.3, -0.25) is 14.2 Å². The second kappa shape index (κ2) is 8.21. The molecule has 134 valence electrons. The van der Waals surface area contributed by atoms with Crippen molar-refractivity contribution >= 4 is 45.0 Å². The lowest BCUT2D eigenvalue weighted by molar-refractivity contribution is 0.0931. The summed E-state index contributed by atoms with van der Waals surface area (Å²) in [5, 5.41) is 3.74. The molecule has 1 atom stereocenters. The van der Waals surface area contributed by atoms with Crippen molar-refractivity contribution in [3.05, 3.63) is 64.8 Å². The number of H-pyrrole nitrogens is 1. The molecule has 2 rings (SSSR count). The third-order valence-electron chi connectivity index (χ3n) is 3.70. The van der Waals surface area contributed by atoms with E-state index < -0.39 is 17.2 Å². The molecular formula is C16H16BrCl2N3O3. The first-order valence-electron chi connectivity index (χ1n) is 7.44. The van der Waals surface area contributed by atoms with Gasteiger partial charge >= 0.3 is 5.69 Å². The fourth-order valence-electron chi connectivity index (χ4n) is 2.19. The van der Waals surface area contributed by atoms with E-state index in [-0.39, 0.29) is 16.2 Å². The zero-order valence-corrected chi connectivity index (χ0v) is 16.6. The van der Waals surface area contributed by atoms with Crippen LogP contribution in [0.25, 0.3) is 0 Å². The molecule has 2 aromatic rings. The van der Waals surface area contributed by atoms with E-state index in [1.165, 1.54) is 7.05 Å². The van der Waals surface area contributed by atoms with Gasteiger partial charge < -0.3 is 10.3 Å². The Morgan fingerprint density at radius 3 is 2.64 bits per heavy atom. The number of aryl methyl sites for hydroxylation is 1. The molecule has 1 aromatic carbocycles. The number of aromatic amines is 1. The van der Waals surface area contributed by atoms with Crippen molar-refractivity contribution in [1.82, 2.24) is 14.9 Å². The number of nitrogens with zero attached hydrogens (tertiary/aromatic N) is 1. The van der Waals surface area contributed by atoms with Crippen molar-refractivity contribution in [2.24, 2.45) is 7.05 Å². The van der Waals surface area contributed by atoms with Crippen molar-refractivity contribution < 1.29 is 4.79 Å². The topological polar surface area (TPSA) is 84.0 Å². The lowest BCUT2D eigenvalue weighted by atomic mass is 10.1. The quantitative estimate of drug-likeness (QED) is 0.737. The number of amides is 1. The second-order valence-electron chi connectivity index (χ2n) is 5.64. The molecule has 25 heavy (non-hydrogen) atoms. The summed E-state index contributed by atoms with van der Waals surface area (Å²) in [4.78, 5) is 38.2. The van der Waals surface area contributed by atoms with Crippen molar-refractivity contribution in [2.75, 3.05) is 0 Å². The summed E-state index contributed by atoms with van der Waals surface area (Å²) in [6.45, 7) is 1.84. The smallest absolute Gasteiger partial charge is 0.328 e. The van der Waals surface area contributed by atoms with Crippen molar-refractivity contribution in [2.45, 2.75) is 25.8 Å². The fourth-order valence-corrected chi connectivity index (χ4v) is 3.06. The average Bonchev–Trinajstić information content (AvgIpc) is 2.57. The largest absolute Gasteiger partial charge is 0.348 e. The third kappa shape index (κ3) is 4.74. The van der Waals surface area contributed by atoms with Gasteiger partial charge in [0.25, 0.3) is 11.5 Å². The van der Waals surface area contributed by atoms with Gasteiger partial charge in [0.05, 0.1) is 10.0 Å². The summed E-state index contributed by atoms with van der Waals surface area (Å²) in [5.74, 6) is -0.525. The summed E-state index contributed by atoms with van der Waals surface area (Å²) in [6.07, 6.45) is 1.34. The Balaban J connectivity index is 2.04. The Hall–Kier alpha value is -1.57. The van der Waals surface area contributed by atoms with E-state index in [1.807, 2.05) is 13.0 Å². The number of hydrogen-bond acceptors (Lipinski definition) is 3. The highest BCUT2D eigenvalue weighted by Crippen LogP contribution is 2.23. The molecule has 0 aliphatic rings. The van der Waals surface area contributed by atoms with E-state index in [0.29, 0.717) is 22.9 Å². The van der Waals surface area contributed by atoms with Gasteiger partial charge in [0.15, 0.2) is 0 Å². The van der Waals surface area contributed by atoms with Crippen molar-refractivity contribution in [3.8, 4) is 0 Å². The van der Waals surface area contributed by atoms with Gasteiger partial charge in [0.2, 0.25) is 0 Å². The number of hydrogen-bond donors (Lipinski definition) is 2. The SMILES string of the molecule is C[C@H](CCc1ccc(Cl)c(Cl)c1)NC(=O)c1[nH]c(=O)n(C)c(=O)c1Br. The summed E-state index contributed by atoms with van der Waals surface area (Å²) in [7, 11) is 1.33. The van der Waals surface area contributed by atoms with Gasteiger partial charge in [-0.1, -0.05) is 29.3 Å². The van der Waals surface area contributed by atoms with Gasteiger partial charge in [-0.25, -0.2) is 4.79 Å². The van der Waals surface area contributed by atoms with Gasteiger partial charge in [0.1, 0.15) is 10.2 Å². The Morgan fingerprint density at radius 2 is 2.00 bits per heavy atom. The molecule has 2 N–H and O–H groups in total. The molecule has 0 saturated carbocycles. The predicted octanol–water partition coefficient (Wildman–Crippen LogP) is 2.89. The summed E-state index contributed by atoms with van der Waals surface area (Å²) >= 11 is 14.9. The molecule has 0 radical (unpaired) electrons.